The standard InChI is InChI=1S/C14H22N4O2/c1-3-10(4-2)11(7-5-6-8-15)17-13(19)12-9-20-14(16)18-12/h3,5,7-11,13,15,17,19H,1,4,6H2,2H3,(H2,16,18)/b7-5+,15-8?. The van der Waals surface area contributed by atoms with Crippen molar-refractivity contribution in [3.63, 3.8) is 0 Å². The zero-order valence-electron chi connectivity index (χ0n) is 11.6. The maximum Gasteiger partial charge on any atom is 0.292 e. The minimum absolute atomic E-state index is 0.0208. The summed E-state index contributed by atoms with van der Waals surface area (Å²) in [5, 5.41) is 20.2. The predicted molar refractivity (Wildman–Crippen MR) is 79.3 cm³/mol. The molecular weight excluding hydrogens is 256 g/mol. The van der Waals surface area contributed by atoms with Gasteiger partial charge in [-0.3, -0.25) is 5.32 Å². The van der Waals surface area contributed by atoms with Gasteiger partial charge >= 0.3 is 0 Å². The van der Waals surface area contributed by atoms with E-state index in [0.29, 0.717) is 12.1 Å². The predicted octanol–water partition coefficient (Wildman–Crippen LogP) is 2.01. The molecule has 0 aliphatic heterocycles. The van der Waals surface area contributed by atoms with Gasteiger partial charge < -0.3 is 20.7 Å². The van der Waals surface area contributed by atoms with Crippen molar-refractivity contribution in [3.05, 3.63) is 36.8 Å². The zero-order chi connectivity index (χ0) is 15.0. The smallest absolute Gasteiger partial charge is 0.292 e. The lowest BCUT2D eigenvalue weighted by molar-refractivity contribution is 0.118. The summed E-state index contributed by atoms with van der Waals surface area (Å²) < 4.78 is 4.88. The fourth-order valence-electron chi connectivity index (χ4n) is 1.88. The van der Waals surface area contributed by atoms with Gasteiger partial charge in [0.1, 0.15) is 12.0 Å². The van der Waals surface area contributed by atoms with Gasteiger partial charge in [-0.05, 0) is 18.6 Å². The van der Waals surface area contributed by atoms with E-state index >= 15 is 0 Å². The van der Waals surface area contributed by atoms with Crippen LogP contribution in [0.4, 0.5) is 6.01 Å². The molecule has 5 N–H and O–H groups in total. The van der Waals surface area contributed by atoms with Crippen molar-refractivity contribution in [2.75, 3.05) is 5.73 Å². The van der Waals surface area contributed by atoms with Crippen LogP contribution < -0.4 is 11.1 Å². The van der Waals surface area contributed by atoms with E-state index in [9.17, 15) is 5.11 Å². The fraction of sp³-hybridized carbons (Fsp3) is 0.429. The first-order chi connectivity index (χ1) is 9.62. The van der Waals surface area contributed by atoms with Crippen molar-refractivity contribution in [1.82, 2.24) is 10.3 Å². The number of anilines is 1. The molecule has 0 spiro atoms. The second kappa shape index (κ2) is 8.29. The van der Waals surface area contributed by atoms with E-state index in [-0.39, 0.29) is 18.0 Å². The number of hydrogen-bond acceptors (Lipinski definition) is 6. The SMILES string of the molecule is C=CC(CC)C(/C=C/CC=N)NC(O)c1coc(N)n1. The van der Waals surface area contributed by atoms with Gasteiger partial charge in [0.2, 0.25) is 0 Å². The molecule has 1 aromatic heterocycles. The molecule has 20 heavy (non-hydrogen) atoms. The normalized spacial score (nSPS) is 15.9. The highest BCUT2D eigenvalue weighted by Gasteiger charge is 2.20. The number of nitrogens with one attached hydrogen (secondary N) is 2. The molecule has 0 bridgehead atoms. The lowest BCUT2D eigenvalue weighted by Crippen LogP contribution is -2.36. The second-order valence-electron chi connectivity index (χ2n) is 4.38. The van der Waals surface area contributed by atoms with Crippen molar-refractivity contribution in [2.24, 2.45) is 5.92 Å². The van der Waals surface area contributed by atoms with Gasteiger partial charge in [0, 0.05) is 12.5 Å². The largest absolute Gasteiger partial charge is 0.432 e. The first-order valence-electron chi connectivity index (χ1n) is 6.55. The lowest BCUT2D eigenvalue weighted by Gasteiger charge is -2.24. The monoisotopic (exact) mass is 278 g/mol. The molecular formula is C14H22N4O2. The summed E-state index contributed by atoms with van der Waals surface area (Å²) in [6.07, 6.45) is 8.74. The Morgan fingerprint density at radius 3 is 2.90 bits per heavy atom. The average molecular weight is 278 g/mol. The van der Waals surface area contributed by atoms with Crippen LogP contribution in [0, 0.1) is 11.3 Å². The van der Waals surface area contributed by atoms with Gasteiger partial charge in [-0.25, -0.2) is 0 Å². The minimum atomic E-state index is -0.973. The van der Waals surface area contributed by atoms with E-state index in [1.165, 1.54) is 12.5 Å². The quantitative estimate of drug-likeness (QED) is 0.314. The van der Waals surface area contributed by atoms with E-state index in [1.807, 2.05) is 25.2 Å². The number of aliphatic hydroxyl groups excluding tert-OH is 1. The molecule has 0 saturated heterocycles. The first-order valence-corrected chi connectivity index (χ1v) is 6.55. The maximum atomic E-state index is 10.1. The molecule has 6 nitrogen and oxygen atoms in total. The zero-order valence-corrected chi connectivity index (χ0v) is 11.6. The highest BCUT2D eigenvalue weighted by molar-refractivity contribution is 5.55. The Balaban J connectivity index is 2.76. The molecule has 1 heterocycles. The maximum absolute atomic E-state index is 10.1. The van der Waals surface area contributed by atoms with Crippen LogP contribution >= 0.6 is 0 Å². The summed E-state index contributed by atoms with van der Waals surface area (Å²) >= 11 is 0. The number of nitrogens with zero attached hydrogens (tertiary/aromatic N) is 1. The Labute approximate surface area is 118 Å². The summed E-state index contributed by atoms with van der Waals surface area (Å²) in [6.45, 7) is 5.86. The van der Waals surface area contributed by atoms with Crippen molar-refractivity contribution < 1.29 is 9.52 Å². The van der Waals surface area contributed by atoms with Crippen LogP contribution in [-0.2, 0) is 0 Å². The van der Waals surface area contributed by atoms with E-state index in [0.717, 1.165) is 6.42 Å². The molecule has 0 aliphatic rings. The van der Waals surface area contributed by atoms with Crippen LogP contribution in [0.2, 0.25) is 0 Å². The Hall–Kier alpha value is -1.92. The Bertz CT molecular complexity index is 456. The summed E-state index contributed by atoms with van der Waals surface area (Å²) in [6, 6.07) is -0.0853. The van der Waals surface area contributed by atoms with Crippen LogP contribution in [0.15, 0.2) is 35.5 Å². The van der Waals surface area contributed by atoms with Gasteiger partial charge in [-0.1, -0.05) is 25.2 Å². The Morgan fingerprint density at radius 1 is 1.65 bits per heavy atom. The molecule has 3 atom stereocenters. The van der Waals surface area contributed by atoms with Crippen LogP contribution in [0.5, 0.6) is 0 Å². The van der Waals surface area contributed by atoms with Gasteiger partial charge in [0.15, 0.2) is 6.23 Å². The summed E-state index contributed by atoms with van der Waals surface area (Å²) in [5.41, 5.74) is 5.73. The molecule has 3 unspecified atom stereocenters. The van der Waals surface area contributed by atoms with Gasteiger partial charge in [-0.2, -0.15) is 4.98 Å². The van der Waals surface area contributed by atoms with Crippen LogP contribution in [0.25, 0.3) is 0 Å². The molecule has 0 aliphatic carbocycles. The molecule has 0 radical (unpaired) electrons. The number of nitrogens with two attached hydrogens (primary N) is 1. The third-order valence-corrected chi connectivity index (χ3v) is 3.00. The third-order valence-electron chi connectivity index (χ3n) is 3.00. The van der Waals surface area contributed by atoms with Crippen molar-refractivity contribution >= 4 is 12.2 Å². The molecule has 0 amide bonds. The van der Waals surface area contributed by atoms with Crippen molar-refractivity contribution in [1.29, 1.82) is 5.41 Å². The van der Waals surface area contributed by atoms with Crippen LogP contribution in [0.1, 0.15) is 31.7 Å². The Morgan fingerprint density at radius 2 is 2.40 bits per heavy atom. The molecule has 0 aromatic carbocycles. The highest BCUT2D eigenvalue weighted by Crippen LogP contribution is 2.17. The van der Waals surface area contributed by atoms with E-state index in [4.69, 9.17) is 15.6 Å². The number of nitrogen functional groups attached to an aromatic ring is 1. The Kier molecular flexibility index (Phi) is 6.69. The number of rotatable bonds is 9. The molecule has 6 heteroatoms. The molecule has 0 saturated carbocycles. The van der Waals surface area contributed by atoms with Gasteiger partial charge in [0.25, 0.3) is 6.01 Å². The molecule has 1 aromatic rings. The highest BCUT2D eigenvalue weighted by atomic mass is 16.4. The second-order valence-corrected chi connectivity index (χ2v) is 4.38. The summed E-state index contributed by atoms with van der Waals surface area (Å²) in [7, 11) is 0. The van der Waals surface area contributed by atoms with E-state index < -0.39 is 6.23 Å². The number of hydrogen-bond donors (Lipinski definition) is 4. The number of aliphatic hydroxyl groups is 1. The molecule has 110 valence electrons. The topological polar surface area (TPSA) is 108 Å². The van der Waals surface area contributed by atoms with E-state index in [2.05, 4.69) is 16.9 Å². The van der Waals surface area contributed by atoms with E-state index in [1.54, 1.807) is 0 Å². The number of allylic oxidation sites excluding steroid dienone is 1. The fourth-order valence-corrected chi connectivity index (χ4v) is 1.88. The molecule has 0 fully saturated rings. The van der Waals surface area contributed by atoms with Crippen LogP contribution in [-0.4, -0.2) is 22.3 Å². The van der Waals surface area contributed by atoms with Crippen molar-refractivity contribution in [2.45, 2.75) is 32.0 Å². The van der Waals surface area contributed by atoms with Crippen molar-refractivity contribution in [3.8, 4) is 0 Å². The summed E-state index contributed by atoms with van der Waals surface area (Å²) in [5.74, 6) is 0.163. The first kappa shape index (κ1) is 16.1. The number of aromatic nitrogens is 1. The van der Waals surface area contributed by atoms with Crippen LogP contribution in [0.3, 0.4) is 0 Å². The lowest BCUT2D eigenvalue weighted by atomic mass is 9.96. The molecule has 1 rings (SSSR count). The summed E-state index contributed by atoms with van der Waals surface area (Å²) in [4.78, 5) is 3.88. The van der Waals surface area contributed by atoms with Gasteiger partial charge in [-0.15, -0.1) is 6.58 Å². The van der Waals surface area contributed by atoms with Gasteiger partial charge in [0.05, 0.1) is 0 Å². The average Bonchev–Trinajstić information content (AvgIpc) is 2.87. The number of oxazole rings is 1. The minimum Gasteiger partial charge on any atom is -0.432 e. The third kappa shape index (κ3) is 4.64.